The molecule has 0 aliphatic carbocycles. The summed E-state index contributed by atoms with van der Waals surface area (Å²) in [6.45, 7) is 0.831. The van der Waals surface area contributed by atoms with Crippen LogP contribution in [0.5, 0.6) is 0 Å². The van der Waals surface area contributed by atoms with E-state index in [0.29, 0.717) is 5.13 Å². The van der Waals surface area contributed by atoms with Gasteiger partial charge < -0.3 is 15.5 Å². The molecule has 6 nitrogen and oxygen atoms in total. The number of nitrogens with zero attached hydrogens (tertiary/aromatic N) is 1. The summed E-state index contributed by atoms with van der Waals surface area (Å²) in [5.41, 5.74) is -0.0390. The zero-order chi connectivity index (χ0) is 15.3. The van der Waals surface area contributed by atoms with Crippen LogP contribution in [0.25, 0.3) is 10.4 Å². The van der Waals surface area contributed by atoms with E-state index in [-0.39, 0.29) is 13.2 Å². The first-order valence-electron chi connectivity index (χ1n) is 6.38. The normalized spacial score (nSPS) is 11.2. The van der Waals surface area contributed by atoms with Crippen molar-refractivity contribution in [2.75, 3.05) is 18.5 Å². The molecule has 1 aromatic heterocycles. The molecule has 21 heavy (non-hydrogen) atoms. The Hall–Kier alpha value is -1.96. The molecule has 0 saturated heterocycles. The van der Waals surface area contributed by atoms with Gasteiger partial charge in [-0.2, -0.15) is 0 Å². The van der Waals surface area contributed by atoms with Crippen LogP contribution in [0.2, 0.25) is 0 Å². The van der Waals surface area contributed by atoms with E-state index in [1.54, 1.807) is 13.1 Å². The smallest absolute Gasteiger partial charge is 0.321 e. The van der Waals surface area contributed by atoms with Crippen LogP contribution in [0.1, 0.15) is 6.92 Å². The van der Waals surface area contributed by atoms with Crippen LogP contribution in [0.3, 0.4) is 0 Å². The van der Waals surface area contributed by atoms with Crippen molar-refractivity contribution in [2.24, 2.45) is 0 Å². The first-order valence-corrected chi connectivity index (χ1v) is 7.20. The number of thiazole rings is 1. The molecular weight excluding hydrogens is 290 g/mol. The second kappa shape index (κ2) is 6.66. The van der Waals surface area contributed by atoms with E-state index < -0.39 is 11.6 Å². The molecule has 2 amide bonds. The molecule has 7 heteroatoms. The molecule has 0 fully saturated rings. The number of aromatic nitrogens is 1. The fraction of sp³-hybridized carbons (Fsp3) is 0.286. The molecule has 0 saturated carbocycles. The van der Waals surface area contributed by atoms with E-state index in [2.05, 4.69) is 15.6 Å². The quantitative estimate of drug-likeness (QED) is 0.676. The van der Waals surface area contributed by atoms with Gasteiger partial charge in [-0.05, 0) is 12.5 Å². The summed E-state index contributed by atoms with van der Waals surface area (Å²) in [6.07, 6.45) is 1.69. The van der Waals surface area contributed by atoms with Gasteiger partial charge in [0.05, 0.1) is 23.6 Å². The lowest BCUT2D eigenvalue weighted by molar-refractivity contribution is 0.111. The SMILES string of the molecule is CC(CO)(CO)NC(=O)Nc1ncc(-c2ccccc2)s1. The Morgan fingerprint density at radius 2 is 1.95 bits per heavy atom. The fourth-order valence-electron chi connectivity index (χ4n) is 1.60. The maximum Gasteiger partial charge on any atom is 0.321 e. The largest absolute Gasteiger partial charge is 0.394 e. The minimum absolute atomic E-state index is 0.357. The molecule has 0 atom stereocenters. The topological polar surface area (TPSA) is 94.5 Å². The highest BCUT2D eigenvalue weighted by atomic mass is 32.1. The van der Waals surface area contributed by atoms with Crippen LogP contribution in [0.15, 0.2) is 36.5 Å². The van der Waals surface area contributed by atoms with Crippen molar-refractivity contribution in [1.82, 2.24) is 10.3 Å². The Morgan fingerprint density at radius 1 is 1.29 bits per heavy atom. The molecule has 1 heterocycles. The number of anilines is 1. The molecule has 0 spiro atoms. The number of carbonyl (C=O) groups excluding carboxylic acids is 1. The van der Waals surface area contributed by atoms with Gasteiger partial charge in [0.1, 0.15) is 0 Å². The Balaban J connectivity index is 2.01. The molecule has 0 bridgehead atoms. The first kappa shape index (κ1) is 15.4. The van der Waals surface area contributed by atoms with Gasteiger partial charge >= 0.3 is 6.03 Å². The van der Waals surface area contributed by atoms with Gasteiger partial charge in [-0.25, -0.2) is 9.78 Å². The predicted molar refractivity (Wildman–Crippen MR) is 82.3 cm³/mol. The maximum atomic E-state index is 11.8. The average Bonchev–Trinajstić information content (AvgIpc) is 2.96. The molecule has 2 aromatic rings. The van der Waals surface area contributed by atoms with E-state index in [0.717, 1.165) is 10.4 Å². The lowest BCUT2D eigenvalue weighted by Crippen LogP contribution is -2.53. The highest BCUT2D eigenvalue weighted by Crippen LogP contribution is 2.28. The number of hydrogen-bond donors (Lipinski definition) is 4. The predicted octanol–water partition coefficient (Wildman–Crippen LogP) is 1.67. The van der Waals surface area contributed by atoms with Crippen LogP contribution < -0.4 is 10.6 Å². The summed E-state index contributed by atoms with van der Waals surface area (Å²) < 4.78 is 0. The molecule has 112 valence electrons. The van der Waals surface area contributed by atoms with E-state index in [1.165, 1.54) is 11.3 Å². The standard InChI is InChI=1S/C14H17N3O3S/c1-14(8-18,9-19)17-12(20)16-13-15-7-11(21-13)10-5-3-2-4-6-10/h2-7,18-19H,8-9H2,1H3,(H2,15,16,17,20). The van der Waals surface area contributed by atoms with Crippen molar-refractivity contribution in [3.63, 3.8) is 0 Å². The second-order valence-electron chi connectivity index (χ2n) is 4.85. The van der Waals surface area contributed by atoms with Crippen LogP contribution in [-0.4, -0.2) is 40.0 Å². The summed E-state index contributed by atoms with van der Waals surface area (Å²) >= 11 is 1.35. The van der Waals surface area contributed by atoms with Gasteiger partial charge in [-0.15, -0.1) is 0 Å². The van der Waals surface area contributed by atoms with Gasteiger partial charge in [0.25, 0.3) is 0 Å². The molecule has 0 unspecified atom stereocenters. The Labute approximate surface area is 126 Å². The van der Waals surface area contributed by atoms with Crippen LogP contribution >= 0.6 is 11.3 Å². The van der Waals surface area contributed by atoms with Crippen molar-refractivity contribution < 1.29 is 15.0 Å². The third-order valence-electron chi connectivity index (χ3n) is 2.90. The summed E-state index contributed by atoms with van der Waals surface area (Å²) in [4.78, 5) is 16.9. The van der Waals surface area contributed by atoms with E-state index >= 15 is 0 Å². The summed E-state index contributed by atoms with van der Waals surface area (Å²) in [5.74, 6) is 0. The van der Waals surface area contributed by atoms with Crippen molar-refractivity contribution in [3.05, 3.63) is 36.5 Å². The minimum Gasteiger partial charge on any atom is -0.394 e. The third-order valence-corrected chi connectivity index (χ3v) is 3.86. The Kier molecular flexibility index (Phi) is 4.89. The third kappa shape index (κ3) is 4.01. The highest BCUT2D eigenvalue weighted by molar-refractivity contribution is 7.19. The van der Waals surface area contributed by atoms with Crippen molar-refractivity contribution >= 4 is 22.5 Å². The summed E-state index contributed by atoms with van der Waals surface area (Å²) in [6, 6.07) is 9.21. The first-order chi connectivity index (χ1) is 10.1. The van der Waals surface area contributed by atoms with Crippen molar-refractivity contribution in [3.8, 4) is 10.4 Å². The van der Waals surface area contributed by atoms with Gasteiger partial charge in [0.2, 0.25) is 0 Å². The Morgan fingerprint density at radius 3 is 2.57 bits per heavy atom. The van der Waals surface area contributed by atoms with Gasteiger partial charge in [-0.3, -0.25) is 5.32 Å². The van der Waals surface area contributed by atoms with Crippen molar-refractivity contribution in [1.29, 1.82) is 0 Å². The van der Waals surface area contributed by atoms with E-state index in [1.807, 2.05) is 30.3 Å². The lowest BCUT2D eigenvalue weighted by Gasteiger charge is -2.25. The fourth-order valence-corrected chi connectivity index (χ4v) is 2.42. The average molecular weight is 307 g/mol. The number of benzene rings is 1. The molecule has 0 aliphatic heterocycles. The van der Waals surface area contributed by atoms with Crippen LogP contribution in [0, 0.1) is 0 Å². The zero-order valence-corrected chi connectivity index (χ0v) is 12.4. The number of urea groups is 1. The molecule has 2 rings (SSSR count). The number of nitrogens with one attached hydrogen (secondary N) is 2. The lowest BCUT2D eigenvalue weighted by atomic mass is 10.1. The zero-order valence-electron chi connectivity index (χ0n) is 11.5. The maximum absolute atomic E-state index is 11.8. The number of carbonyl (C=O) groups is 1. The molecule has 0 radical (unpaired) electrons. The molecule has 4 N–H and O–H groups in total. The highest BCUT2D eigenvalue weighted by Gasteiger charge is 2.24. The van der Waals surface area contributed by atoms with E-state index in [4.69, 9.17) is 10.2 Å². The van der Waals surface area contributed by atoms with Crippen LogP contribution in [-0.2, 0) is 0 Å². The summed E-state index contributed by atoms with van der Waals surface area (Å²) in [7, 11) is 0. The minimum atomic E-state index is -1.07. The Bertz CT molecular complexity index is 597. The summed E-state index contributed by atoms with van der Waals surface area (Å²) in [5, 5.41) is 23.8. The molecule has 1 aromatic carbocycles. The van der Waals surface area contributed by atoms with Gasteiger partial charge in [0, 0.05) is 6.20 Å². The monoisotopic (exact) mass is 307 g/mol. The van der Waals surface area contributed by atoms with Crippen LogP contribution in [0.4, 0.5) is 9.93 Å². The number of aliphatic hydroxyl groups excluding tert-OH is 2. The number of rotatable bonds is 5. The molecular formula is C14H17N3O3S. The van der Waals surface area contributed by atoms with Crippen molar-refractivity contribution in [2.45, 2.75) is 12.5 Å². The molecule has 0 aliphatic rings. The number of amides is 2. The van der Waals surface area contributed by atoms with Gasteiger partial charge in [-0.1, -0.05) is 41.7 Å². The second-order valence-corrected chi connectivity index (χ2v) is 5.88. The number of hydrogen-bond acceptors (Lipinski definition) is 5. The number of aliphatic hydroxyl groups is 2. The van der Waals surface area contributed by atoms with E-state index in [9.17, 15) is 4.79 Å². The van der Waals surface area contributed by atoms with Gasteiger partial charge in [0.15, 0.2) is 5.13 Å².